The molecule has 254 valence electrons. The highest BCUT2D eigenvalue weighted by molar-refractivity contribution is 7.09. The number of aromatic nitrogens is 2. The van der Waals surface area contributed by atoms with Gasteiger partial charge in [0.25, 0.3) is 11.8 Å². The van der Waals surface area contributed by atoms with Crippen molar-refractivity contribution in [1.82, 2.24) is 25.5 Å². The predicted molar refractivity (Wildman–Crippen MR) is 197 cm³/mol. The van der Waals surface area contributed by atoms with E-state index in [2.05, 4.69) is 40.5 Å². The van der Waals surface area contributed by atoms with Crippen molar-refractivity contribution >= 4 is 34.8 Å². The quantitative estimate of drug-likeness (QED) is 0.115. The zero-order valence-corrected chi connectivity index (χ0v) is 29.8. The number of carbonyl (C=O) groups excluding carboxylic acids is 2. The van der Waals surface area contributed by atoms with E-state index >= 15 is 0 Å². The Kier molecular flexibility index (Phi) is 12.3. The summed E-state index contributed by atoms with van der Waals surface area (Å²) in [6.07, 6.45) is 3.19. The van der Waals surface area contributed by atoms with Gasteiger partial charge >= 0.3 is 0 Å². The van der Waals surface area contributed by atoms with Gasteiger partial charge in [-0.25, -0.2) is 4.98 Å². The molecule has 0 fully saturated rings. The van der Waals surface area contributed by atoms with E-state index in [1.54, 1.807) is 42.3 Å². The van der Waals surface area contributed by atoms with Crippen LogP contribution in [0.4, 0.5) is 0 Å². The molecule has 0 bridgehead atoms. The van der Waals surface area contributed by atoms with E-state index in [4.69, 9.17) is 11.6 Å². The predicted octanol–water partition coefficient (Wildman–Crippen LogP) is 7.05. The summed E-state index contributed by atoms with van der Waals surface area (Å²) in [4.78, 5) is 38.2. The number of aliphatic hydroxyl groups excluding tert-OH is 1. The number of aryl methyl sites for hydroxylation is 1. The maximum atomic E-state index is 14.0. The van der Waals surface area contributed by atoms with E-state index in [9.17, 15) is 14.7 Å². The van der Waals surface area contributed by atoms with E-state index in [1.807, 2.05) is 67.2 Å². The molecule has 0 spiro atoms. The number of pyridine rings is 1. The van der Waals surface area contributed by atoms with Crippen molar-refractivity contribution in [1.29, 1.82) is 0 Å². The summed E-state index contributed by atoms with van der Waals surface area (Å²) in [5.41, 5.74) is 6.16. The summed E-state index contributed by atoms with van der Waals surface area (Å²) in [6, 6.07) is 23.7. The Morgan fingerprint density at radius 3 is 2.43 bits per heavy atom. The third kappa shape index (κ3) is 10.1. The molecule has 0 saturated carbocycles. The van der Waals surface area contributed by atoms with Gasteiger partial charge in [0.05, 0.1) is 18.7 Å². The number of benzene rings is 3. The fourth-order valence-electron chi connectivity index (χ4n) is 5.52. The maximum Gasteiger partial charge on any atom is 0.254 e. The van der Waals surface area contributed by atoms with Crippen LogP contribution in [-0.2, 0) is 19.5 Å². The topological polar surface area (TPSA) is 107 Å². The largest absolute Gasteiger partial charge is 0.390 e. The first kappa shape index (κ1) is 35.9. The molecule has 2 aromatic heterocycles. The number of nitrogens with one attached hydrogen (secondary N) is 2. The molecule has 0 aliphatic rings. The monoisotopic (exact) mass is 695 g/mol. The zero-order valence-electron chi connectivity index (χ0n) is 28.2. The molecule has 49 heavy (non-hydrogen) atoms. The van der Waals surface area contributed by atoms with Crippen LogP contribution in [0.2, 0.25) is 5.02 Å². The Bertz CT molecular complexity index is 1880. The van der Waals surface area contributed by atoms with Gasteiger partial charge in [0.1, 0.15) is 5.01 Å². The molecule has 5 rings (SSSR count). The molecule has 5 aromatic rings. The van der Waals surface area contributed by atoms with Crippen LogP contribution in [0.15, 0.2) is 96.6 Å². The smallest absolute Gasteiger partial charge is 0.254 e. The number of amides is 2. The molecule has 2 heterocycles. The van der Waals surface area contributed by atoms with Crippen LogP contribution in [0.25, 0.3) is 11.1 Å². The summed E-state index contributed by atoms with van der Waals surface area (Å²) < 4.78 is 0. The maximum absolute atomic E-state index is 14.0. The molecule has 0 unspecified atom stereocenters. The molecule has 3 aromatic carbocycles. The number of aliphatic hydroxyl groups is 1. The molecule has 0 saturated heterocycles. The van der Waals surface area contributed by atoms with Gasteiger partial charge in [0.15, 0.2) is 0 Å². The molecule has 2 atom stereocenters. The van der Waals surface area contributed by atoms with Crippen LogP contribution < -0.4 is 10.6 Å². The molecule has 2 amide bonds. The number of rotatable bonds is 14. The van der Waals surface area contributed by atoms with Crippen LogP contribution in [0, 0.1) is 6.92 Å². The summed E-state index contributed by atoms with van der Waals surface area (Å²) in [6.45, 7) is 7.29. The van der Waals surface area contributed by atoms with Crippen molar-refractivity contribution in [2.24, 2.45) is 0 Å². The SMILES string of the molecule is Cc1csc(CN(C)C(=O)c2cc(C(=O)N[C@@H](Cc3ccccc3)[C@H](O)CNCc3cncc(C(C)C)c3)cc(-c3cccc(Cl)c3)c2)n1. The molecule has 0 aliphatic carbocycles. The second-order valence-electron chi connectivity index (χ2n) is 12.6. The van der Waals surface area contributed by atoms with Gasteiger partial charge in [-0.2, -0.15) is 0 Å². The molecule has 3 N–H and O–H groups in total. The molecule has 8 nitrogen and oxygen atoms in total. The normalized spacial score (nSPS) is 12.5. The van der Waals surface area contributed by atoms with Crippen molar-refractivity contribution in [3.63, 3.8) is 0 Å². The lowest BCUT2D eigenvalue weighted by atomic mass is 9.97. The average molecular weight is 696 g/mol. The van der Waals surface area contributed by atoms with Gasteiger partial charge in [-0.3, -0.25) is 14.6 Å². The van der Waals surface area contributed by atoms with Crippen LogP contribution >= 0.6 is 22.9 Å². The number of carbonyl (C=O) groups is 2. The fraction of sp³-hybridized carbons (Fsp3) is 0.282. The molecular weight excluding hydrogens is 654 g/mol. The van der Waals surface area contributed by atoms with Crippen molar-refractivity contribution in [3.05, 3.63) is 140 Å². The Hall–Kier alpha value is -4.41. The van der Waals surface area contributed by atoms with Crippen molar-refractivity contribution in [2.75, 3.05) is 13.6 Å². The molecule has 0 aliphatic heterocycles. The lowest BCUT2D eigenvalue weighted by molar-refractivity contribution is 0.0784. The summed E-state index contributed by atoms with van der Waals surface area (Å²) in [5, 5.41) is 21.2. The Morgan fingerprint density at radius 2 is 1.71 bits per heavy atom. The average Bonchev–Trinajstić information content (AvgIpc) is 3.51. The van der Waals surface area contributed by atoms with Crippen molar-refractivity contribution in [2.45, 2.75) is 58.3 Å². The minimum absolute atomic E-state index is 0.244. The first-order chi connectivity index (χ1) is 23.5. The summed E-state index contributed by atoms with van der Waals surface area (Å²) in [7, 11) is 1.72. The summed E-state index contributed by atoms with van der Waals surface area (Å²) >= 11 is 7.83. The molecular formula is C39H42ClN5O3S. The minimum atomic E-state index is -0.907. The first-order valence-corrected chi connectivity index (χ1v) is 17.6. The van der Waals surface area contributed by atoms with Gasteiger partial charge in [-0.05, 0) is 77.4 Å². The Balaban J connectivity index is 1.39. The van der Waals surface area contributed by atoms with Gasteiger partial charge in [0, 0.05) is 59.8 Å². The van der Waals surface area contributed by atoms with Crippen LogP contribution in [0.3, 0.4) is 0 Å². The number of hydrogen-bond donors (Lipinski definition) is 3. The van der Waals surface area contributed by atoms with Crippen LogP contribution in [-0.4, -0.2) is 57.5 Å². The fourth-order valence-corrected chi connectivity index (χ4v) is 6.53. The number of thiazole rings is 1. The van der Waals surface area contributed by atoms with Crippen molar-refractivity contribution in [3.8, 4) is 11.1 Å². The lowest BCUT2D eigenvalue weighted by Crippen LogP contribution is -2.48. The first-order valence-electron chi connectivity index (χ1n) is 16.3. The second kappa shape index (κ2) is 16.8. The lowest BCUT2D eigenvalue weighted by Gasteiger charge is -2.25. The number of nitrogens with zero attached hydrogens (tertiary/aromatic N) is 3. The highest BCUT2D eigenvalue weighted by Crippen LogP contribution is 2.26. The zero-order chi connectivity index (χ0) is 34.9. The van der Waals surface area contributed by atoms with Gasteiger partial charge in [0.2, 0.25) is 0 Å². The van der Waals surface area contributed by atoms with E-state index in [1.165, 1.54) is 11.3 Å². The van der Waals surface area contributed by atoms with Crippen molar-refractivity contribution < 1.29 is 14.7 Å². The van der Waals surface area contributed by atoms with Gasteiger partial charge in [-0.15, -0.1) is 11.3 Å². The van der Waals surface area contributed by atoms with Crippen LogP contribution in [0.5, 0.6) is 0 Å². The Morgan fingerprint density at radius 1 is 0.939 bits per heavy atom. The molecule has 0 radical (unpaired) electrons. The minimum Gasteiger partial charge on any atom is -0.390 e. The summed E-state index contributed by atoms with van der Waals surface area (Å²) in [5.74, 6) is -0.281. The third-order valence-corrected chi connectivity index (χ3v) is 9.42. The second-order valence-corrected chi connectivity index (χ2v) is 14.0. The third-order valence-electron chi connectivity index (χ3n) is 8.23. The van der Waals surface area contributed by atoms with E-state index in [0.717, 1.165) is 33.0 Å². The highest BCUT2D eigenvalue weighted by atomic mass is 35.5. The molecule has 10 heteroatoms. The van der Waals surface area contributed by atoms with Gasteiger partial charge in [-0.1, -0.05) is 74.0 Å². The number of halogens is 1. The standard InChI is InChI=1S/C39H42ClN5O3S/c1-25(2)33-13-28(19-41-21-33)20-42-22-36(46)35(14-27-9-6-5-7-10-27)44-38(47)31-15-30(29-11-8-12-34(40)18-29)16-32(17-31)39(48)45(4)23-37-43-26(3)24-49-37/h5-13,15-19,21,24-25,35-36,42,46H,14,20,22-23H2,1-4H3,(H,44,47)/t35-,36+/m0/s1. The Labute approximate surface area is 297 Å². The van der Waals surface area contributed by atoms with Crippen LogP contribution in [0.1, 0.15) is 67.9 Å². The van der Waals surface area contributed by atoms with E-state index in [-0.39, 0.29) is 12.5 Å². The number of hydrogen-bond acceptors (Lipinski definition) is 7. The highest BCUT2D eigenvalue weighted by Gasteiger charge is 2.24. The van der Waals surface area contributed by atoms with E-state index < -0.39 is 18.1 Å². The van der Waals surface area contributed by atoms with Gasteiger partial charge < -0.3 is 20.6 Å². The van der Waals surface area contributed by atoms with E-state index in [0.29, 0.717) is 47.1 Å².